The zero-order valence-electron chi connectivity index (χ0n) is 47.3. The minimum Gasteiger partial charge on any atom is -0.412 e. The molecule has 387 valence electrons. The summed E-state index contributed by atoms with van der Waals surface area (Å²) < 4.78 is 50.2. The van der Waals surface area contributed by atoms with E-state index >= 15 is 0 Å². The molecular weight excluding hydrogens is 930 g/mol. The van der Waals surface area contributed by atoms with Crippen LogP contribution in [0.25, 0.3) is 0 Å². The molecule has 0 aliphatic carbocycles. The smallest absolute Gasteiger partial charge is 0.412 e. The standard InChI is InChI=1S/2C29H43O4P.Al.H2O/c2*1-26(2,3)20-14-18-13-19-15-21(27(4,5)6)17-23(29(10,11)12)25(19)33-34(30,31)32-24(18)22(16-20)28(7,8)9;;/h2*14-17H,13H2,1-12H3,(H,30,31);;1H2. The molecule has 0 fully saturated rings. The van der Waals surface area contributed by atoms with Crippen molar-refractivity contribution in [2.45, 2.75) is 222 Å². The Morgan fingerprint density at radius 2 is 0.486 bits per heavy atom. The van der Waals surface area contributed by atoms with Crippen LogP contribution in [-0.2, 0) is 65.3 Å². The first-order valence-electron chi connectivity index (χ1n) is 24.3. The largest absolute Gasteiger partial charge is 0.584 e. The Morgan fingerprint density at radius 1 is 0.329 bits per heavy atom. The second-order valence-electron chi connectivity index (χ2n) is 27.7. The van der Waals surface area contributed by atoms with Gasteiger partial charge in [-0.3, -0.25) is 9.79 Å². The molecule has 4 N–H and O–H groups in total. The third kappa shape index (κ3) is 14.2. The van der Waals surface area contributed by atoms with Gasteiger partial charge >= 0.3 is 15.6 Å². The van der Waals surface area contributed by atoms with Gasteiger partial charge in [-0.15, -0.1) is 0 Å². The maximum atomic E-state index is 13.4. The summed E-state index contributed by atoms with van der Waals surface area (Å²) in [5.74, 6) is 1.87. The van der Waals surface area contributed by atoms with Crippen LogP contribution < -0.4 is 18.1 Å². The Kier molecular flexibility index (Phi) is 17.2. The molecule has 3 radical (unpaired) electrons. The lowest BCUT2D eigenvalue weighted by Gasteiger charge is -2.34. The quantitative estimate of drug-likeness (QED) is 0.131. The number of hydrogen-bond donors (Lipinski definition) is 2. The predicted octanol–water partition coefficient (Wildman–Crippen LogP) is 15.5. The van der Waals surface area contributed by atoms with Gasteiger partial charge in [0.2, 0.25) is 0 Å². The van der Waals surface area contributed by atoms with Gasteiger partial charge in [-0.2, -0.15) is 0 Å². The zero-order valence-corrected chi connectivity index (χ0v) is 50.3. The monoisotopic (exact) mass is 1020 g/mol. The highest BCUT2D eigenvalue weighted by molar-refractivity contribution is 7.48. The number of phosphoric acid groups is 2. The van der Waals surface area contributed by atoms with Crippen molar-refractivity contribution in [2.24, 2.45) is 0 Å². The molecule has 9 nitrogen and oxygen atoms in total. The van der Waals surface area contributed by atoms with E-state index in [2.05, 4.69) is 215 Å². The molecule has 0 spiro atoms. The van der Waals surface area contributed by atoms with E-state index in [9.17, 15) is 18.9 Å². The third-order valence-electron chi connectivity index (χ3n) is 12.9. The van der Waals surface area contributed by atoms with Crippen LogP contribution in [0.4, 0.5) is 0 Å². The Morgan fingerprint density at radius 3 is 0.614 bits per heavy atom. The maximum absolute atomic E-state index is 13.4. The lowest BCUT2D eigenvalue weighted by molar-refractivity contribution is 0.279. The van der Waals surface area contributed by atoms with Crippen molar-refractivity contribution in [1.29, 1.82) is 0 Å². The Labute approximate surface area is 434 Å². The normalized spacial score (nSPS) is 16.0. The lowest BCUT2D eigenvalue weighted by atomic mass is 9.76. The zero-order chi connectivity index (χ0) is 52.1. The van der Waals surface area contributed by atoms with E-state index in [0.29, 0.717) is 35.8 Å². The van der Waals surface area contributed by atoms with Crippen LogP contribution in [0.5, 0.6) is 23.0 Å². The highest BCUT2D eigenvalue weighted by Gasteiger charge is 2.40. The van der Waals surface area contributed by atoms with E-state index in [1.165, 1.54) is 22.3 Å². The van der Waals surface area contributed by atoms with Crippen LogP contribution in [-0.4, -0.2) is 32.6 Å². The fourth-order valence-corrected chi connectivity index (χ4v) is 10.4. The van der Waals surface area contributed by atoms with Gasteiger partial charge < -0.3 is 23.6 Å². The Balaban J connectivity index is 0.000000360. The molecule has 2 aliphatic heterocycles. The van der Waals surface area contributed by atoms with Gasteiger partial charge in [0.1, 0.15) is 23.0 Å². The molecule has 4 aromatic carbocycles. The molecule has 0 aromatic heterocycles. The molecular formula is C58H88AlO9P2. The van der Waals surface area contributed by atoms with E-state index < -0.39 is 15.6 Å². The van der Waals surface area contributed by atoms with Crippen molar-refractivity contribution in [3.8, 4) is 23.0 Å². The summed E-state index contributed by atoms with van der Waals surface area (Å²) in [5, 5.41) is 0. The topological polar surface area (TPSA) is 143 Å². The number of fused-ring (bicyclic) bond motifs is 4. The minimum atomic E-state index is -4.43. The van der Waals surface area contributed by atoms with Crippen LogP contribution in [0.2, 0.25) is 0 Å². The molecule has 0 unspecified atom stereocenters. The van der Waals surface area contributed by atoms with Crippen molar-refractivity contribution in [3.05, 3.63) is 115 Å². The van der Waals surface area contributed by atoms with Gasteiger partial charge in [0.25, 0.3) is 0 Å². The molecule has 12 heteroatoms. The second-order valence-corrected chi connectivity index (χ2v) is 30.3. The maximum Gasteiger partial charge on any atom is 0.584 e. The van der Waals surface area contributed by atoms with Crippen LogP contribution in [0.3, 0.4) is 0 Å². The first kappa shape index (κ1) is 61.3. The third-order valence-corrected chi connectivity index (χ3v) is 14.6. The molecule has 0 bridgehead atoms. The summed E-state index contributed by atoms with van der Waals surface area (Å²) in [6.45, 7) is 51.5. The fourth-order valence-electron chi connectivity index (χ4n) is 8.58. The average molecular weight is 1020 g/mol. The predicted molar refractivity (Wildman–Crippen MR) is 293 cm³/mol. The van der Waals surface area contributed by atoms with Gasteiger partial charge in [-0.25, -0.2) is 9.13 Å². The van der Waals surface area contributed by atoms with Gasteiger partial charge in [0.15, 0.2) is 0 Å². The molecule has 0 amide bonds. The SMILES string of the molecule is CC(C)(C)c1cc2c(c(C(C)(C)C)c1)OP(=O)(O)Oc1c(cc(C(C)(C)C)cc1C(C)(C)C)C2.CC(C)(C)c1cc2c(c(C(C)(C)C)c1)OP(=O)(O)Oc1c(cc(C(C)(C)C)cc1C(C)(C)C)C2.O.[Al]. The van der Waals surface area contributed by atoms with E-state index in [1.54, 1.807) is 0 Å². The van der Waals surface area contributed by atoms with Crippen molar-refractivity contribution in [2.75, 3.05) is 0 Å². The first-order valence-corrected chi connectivity index (χ1v) is 27.3. The Hall–Kier alpha value is -3.05. The number of phosphoric ester groups is 2. The van der Waals surface area contributed by atoms with Gasteiger partial charge in [-0.05, 0) is 87.8 Å². The molecule has 0 saturated heterocycles. The molecule has 0 saturated carbocycles. The molecule has 70 heavy (non-hydrogen) atoms. The van der Waals surface area contributed by atoms with Crippen LogP contribution in [0.1, 0.15) is 233 Å². The highest BCUT2D eigenvalue weighted by atomic mass is 31.2. The lowest BCUT2D eigenvalue weighted by Crippen LogP contribution is -2.22. The van der Waals surface area contributed by atoms with E-state index in [1.807, 2.05) is 0 Å². The summed E-state index contributed by atoms with van der Waals surface area (Å²) >= 11 is 0. The van der Waals surface area contributed by atoms with Crippen LogP contribution in [0.15, 0.2) is 48.5 Å². The van der Waals surface area contributed by atoms with Crippen molar-refractivity contribution in [1.82, 2.24) is 0 Å². The van der Waals surface area contributed by atoms with Crippen LogP contribution >= 0.6 is 15.6 Å². The van der Waals surface area contributed by atoms with Gasteiger partial charge in [-0.1, -0.05) is 215 Å². The molecule has 2 heterocycles. The molecule has 4 aromatic rings. The van der Waals surface area contributed by atoms with Crippen LogP contribution in [0, 0.1) is 0 Å². The number of hydrogen-bond acceptors (Lipinski definition) is 6. The van der Waals surface area contributed by atoms with Gasteiger partial charge in [0, 0.05) is 52.5 Å². The minimum absolute atomic E-state index is 0. The summed E-state index contributed by atoms with van der Waals surface area (Å²) in [5.41, 5.74) is 10.6. The van der Waals surface area contributed by atoms with Gasteiger partial charge in [0.05, 0.1) is 0 Å². The first-order chi connectivity index (χ1) is 30.2. The van der Waals surface area contributed by atoms with E-state index in [4.69, 9.17) is 18.1 Å². The summed E-state index contributed by atoms with van der Waals surface area (Å²) in [4.78, 5) is 21.8. The summed E-state index contributed by atoms with van der Waals surface area (Å²) in [6.07, 6.45) is 1.12. The summed E-state index contributed by atoms with van der Waals surface area (Å²) in [6, 6.07) is 17.0. The average Bonchev–Trinajstić information content (AvgIpc) is 3.08. The molecule has 6 rings (SSSR count). The van der Waals surface area contributed by atoms with E-state index in [-0.39, 0.29) is 66.2 Å². The summed E-state index contributed by atoms with van der Waals surface area (Å²) in [7, 11) is -8.85. The number of benzene rings is 4. The van der Waals surface area contributed by atoms with E-state index in [0.717, 1.165) is 44.5 Å². The Bertz CT molecular complexity index is 2320. The number of rotatable bonds is 0. The molecule has 2 aliphatic rings. The van der Waals surface area contributed by atoms with Crippen molar-refractivity contribution in [3.63, 3.8) is 0 Å². The fraction of sp³-hybridized carbons (Fsp3) is 0.586. The highest BCUT2D eigenvalue weighted by Crippen LogP contribution is 2.57. The van der Waals surface area contributed by atoms with Crippen molar-refractivity contribution >= 4 is 33.0 Å². The second kappa shape index (κ2) is 19.7. The van der Waals surface area contributed by atoms with Crippen molar-refractivity contribution < 1.29 is 42.5 Å². The molecule has 0 atom stereocenters.